The molecule has 1 nitrogen and oxygen atoms in total. The fourth-order valence-corrected chi connectivity index (χ4v) is 8.21. The number of furan rings is 1. The molecule has 0 bridgehead atoms. The minimum atomic E-state index is -0.446. The first-order chi connectivity index (χ1) is 23.8. The van der Waals surface area contributed by atoms with Crippen LogP contribution in [0.15, 0.2) is 186 Å². The molecule has 10 rings (SSSR count). The molecule has 1 aromatic heterocycles. The zero-order valence-electron chi connectivity index (χ0n) is 26.2. The van der Waals surface area contributed by atoms with E-state index in [0.29, 0.717) is 0 Å². The van der Waals surface area contributed by atoms with Gasteiger partial charge in [-0.1, -0.05) is 158 Å². The van der Waals surface area contributed by atoms with Crippen LogP contribution in [0.1, 0.15) is 22.3 Å². The van der Waals surface area contributed by atoms with E-state index in [-0.39, 0.29) is 0 Å². The summed E-state index contributed by atoms with van der Waals surface area (Å²) in [6.45, 7) is 0. The van der Waals surface area contributed by atoms with Gasteiger partial charge in [-0.15, -0.1) is 0 Å². The standard InChI is InChI=1S/C47H30O/c1-3-14-35(15-4-1)47(36-16-5-2-6-17-36)43-21-10-9-19-39(43)41-29-42-40-27-26-34(28-45(40)48-46(42)30-44(41)47)31-22-24-33(25-23-31)38-20-11-13-32-12-7-8-18-37(32)38/h1-30H. The molecule has 9 aromatic rings. The Morgan fingerprint density at radius 1 is 0.333 bits per heavy atom. The van der Waals surface area contributed by atoms with E-state index < -0.39 is 5.41 Å². The summed E-state index contributed by atoms with van der Waals surface area (Å²) in [5.74, 6) is 0. The van der Waals surface area contributed by atoms with Crippen LogP contribution < -0.4 is 0 Å². The van der Waals surface area contributed by atoms with Crippen molar-refractivity contribution in [2.75, 3.05) is 0 Å². The van der Waals surface area contributed by atoms with E-state index in [2.05, 4.69) is 182 Å². The van der Waals surface area contributed by atoms with Gasteiger partial charge >= 0.3 is 0 Å². The fourth-order valence-electron chi connectivity index (χ4n) is 8.21. The lowest BCUT2D eigenvalue weighted by Gasteiger charge is -2.33. The number of hydrogen-bond acceptors (Lipinski definition) is 1. The minimum Gasteiger partial charge on any atom is -0.456 e. The molecule has 8 aromatic carbocycles. The maximum atomic E-state index is 6.75. The summed E-state index contributed by atoms with van der Waals surface area (Å²) in [4.78, 5) is 0. The first-order valence-corrected chi connectivity index (χ1v) is 16.6. The zero-order valence-corrected chi connectivity index (χ0v) is 26.2. The predicted molar refractivity (Wildman–Crippen MR) is 199 cm³/mol. The van der Waals surface area contributed by atoms with E-state index in [1.165, 1.54) is 60.8 Å². The Bertz CT molecular complexity index is 2600. The van der Waals surface area contributed by atoms with Crippen molar-refractivity contribution in [2.24, 2.45) is 0 Å². The van der Waals surface area contributed by atoms with Crippen molar-refractivity contribution in [1.29, 1.82) is 0 Å². The van der Waals surface area contributed by atoms with E-state index >= 15 is 0 Å². The molecule has 0 unspecified atom stereocenters. The summed E-state index contributed by atoms with van der Waals surface area (Å²) in [6, 6.07) is 66.1. The topological polar surface area (TPSA) is 13.1 Å². The summed E-state index contributed by atoms with van der Waals surface area (Å²) in [5.41, 5.74) is 13.8. The van der Waals surface area contributed by atoms with Gasteiger partial charge in [-0.2, -0.15) is 0 Å². The van der Waals surface area contributed by atoms with Gasteiger partial charge in [0.05, 0.1) is 5.41 Å². The molecule has 0 amide bonds. The van der Waals surface area contributed by atoms with E-state index in [1.807, 2.05) is 0 Å². The fraction of sp³-hybridized carbons (Fsp3) is 0.0213. The third-order valence-corrected chi connectivity index (χ3v) is 10.4. The third kappa shape index (κ3) is 3.85. The van der Waals surface area contributed by atoms with Gasteiger partial charge in [-0.25, -0.2) is 0 Å². The van der Waals surface area contributed by atoms with Gasteiger partial charge < -0.3 is 4.42 Å². The molecule has 48 heavy (non-hydrogen) atoms. The lowest BCUT2D eigenvalue weighted by Crippen LogP contribution is -2.28. The highest BCUT2D eigenvalue weighted by Gasteiger charge is 2.46. The summed E-state index contributed by atoms with van der Waals surface area (Å²) in [6.07, 6.45) is 0. The van der Waals surface area contributed by atoms with Crippen LogP contribution in [-0.2, 0) is 5.41 Å². The van der Waals surface area contributed by atoms with Crippen molar-refractivity contribution < 1.29 is 4.42 Å². The van der Waals surface area contributed by atoms with Crippen molar-refractivity contribution in [1.82, 2.24) is 0 Å². The molecular formula is C47H30O. The average molecular weight is 611 g/mol. The molecule has 1 heterocycles. The summed E-state index contributed by atoms with van der Waals surface area (Å²) in [7, 11) is 0. The second kappa shape index (κ2) is 10.4. The van der Waals surface area contributed by atoms with E-state index in [0.717, 1.165) is 27.5 Å². The van der Waals surface area contributed by atoms with Crippen molar-refractivity contribution in [3.63, 3.8) is 0 Å². The summed E-state index contributed by atoms with van der Waals surface area (Å²) in [5, 5.41) is 4.81. The van der Waals surface area contributed by atoms with Gasteiger partial charge in [-0.3, -0.25) is 0 Å². The SMILES string of the molecule is c1ccc(C2(c3ccccc3)c3ccccc3-c3cc4c(cc32)oc2cc(-c3ccc(-c5cccc6ccccc56)cc3)ccc24)cc1. The molecule has 0 spiro atoms. The normalized spacial score (nSPS) is 13.2. The highest BCUT2D eigenvalue weighted by molar-refractivity contribution is 6.09. The molecule has 0 fully saturated rings. The third-order valence-electron chi connectivity index (χ3n) is 10.4. The molecular weight excluding hydrogens is 581 g/mol. The van der Waals surface area contributed by atoms with E-state index in [9.17, 15) is 0 Å². The number of fused-ring (bicyclic) bond motifs is 7. The van der Waals surface area contributed by atoms with Gasteiger partial charge in [0.25, 0.3) is 0 Å². The first kappa shape index (κ1) is 27.0. The first-order valence-electron chi connectivity index (χ1n) is 16.6. The van der Waals surface area contributed by atoms with Crippen molar-refractivity contribution in [3.05, 3.63) is 204 Å². The maximum absolute atomic E-state index is 6.75. The molecule has 1 heteroatoms. The van der Waals surface area contributed by atoms with Crippen LogP contribution >= 0.6 is 0 Å². The van der Waals surface area contributed by atoms with Crippen LogP contribution in [0, 0.1) is 0 Å². The van der Waals surface area contributed by atoms with Crippen LogP contribution in [0.3, 0.4) is 0 Å². The van der Waals surface area contributed by atoms with E-state index in [4.69, 9.17) is 4.42 Å². The molecule has 1 aliphatic rings. The Labute approximate surface area is 279 Å². The molecule has 0 saturated carbocycles. The van der Waals surface area contributed by atoms with Crippen LogP contribution in [0.5, 0.6) is 0 Å². The van der Waals surface area contributed by atoms with Crippen LogP contribution in [0.25, 0.3) is 66.1 Å². The second-order valence-corrected chi connectivity index (χ2v) is 12.8. The Morgan fingerprint density at radius 2 is 0.938 bits per heavy atom. The average Bonchev–Trinajstić information content (AvgIpc) is 3.67. The predicted octanol–water partition coefficient (Wildman–Crippen LogP) is 12.4. The smallest absolute Gasteiger partial charge is 0.136 e. The van der Waals surface area contributed by atoms with Gasteiger partial charge in [0.15, 0.2) is 0 Å². The van der Waals surface area contributed by atoms with Crippen LogP contribution in [0.2, 0.25) is 0 Å². The van der Waals surface area contributed by atoms with Gasteiger partial charge in [0.2, 0.25) is 0 Å². The Balaban J connectivity index is 1.13. The molecule has 224 valence electrons. The van der Waals surface area contributed by atoms with E-state index in [1.54, 1.807) is 0 Å². The summed E-state index contributed by atoms with van der Waals surface area (Å²) >= 11 is 0. The monoisotopic (exact) mass is 610 g/mol. The Kier molecular flexibility index (Phi) is 5.86. The Hall–Kier alpha value is -6.18. The summed E-state index contributed by atoms with van der Waals surface area (Å²) < 4.78 is 6.75. The molecule has 1 aliphatic carbocycles. The minimum absolute atomic E-state index is 0.446. The zero-order chi connectivity index (χ0) is 31.7. The van der Waals surface area contributed by atoms with Gasteiger partial charge in [0, 0.05) is 10.8 Å². The second-order valence-electron chi connectivity index (χ2n) is 12.8. The Morgan fingerprint density at radius 3 is 1.73 bits per heavy atom. The van der Waals surface area contributed by atoms with Crippen LogP contribution in [-0.4, -0.2) is 0 Å². The molecule has 0 radical (unpaired) electrons. The van der Waals surface area contributed by atoms with Crippen LogP contribution in [0.4, 0.5) is 0 Å². The molecule has 0 saturated heterocycles. The molecule has 0 N–H and O–H groups in total. The number of hydrogen-bond donors (Lipinski definition) is 0. The highest BCUT2D eigenvalue weighted by atomic mass is 16.3. The molecule has 0 aliphatic heterocycles. The largest absolute Gasteiger partial charge is 0.456 e. The number of benzene rings is 8. The van der Waals surface area contributed by atoms with Crippen molar-refractivity contribution in [3.8, 4) is 33.4 Å². The number of rotatable bonds is 4. The quantitative estimate of drug-likeness (QED) is 0.193. The molecule has 0 atom stereocenters. The van der Waals surface area contributed by atoms with Gasteiger partial charge in [0.1, 0.15) is 11.2 Å². The lowest BCUT2D eigenvalue weighted by molar-refractivity contribution is 0.666. The van der Waals surface area contributed by atoms with Gasteiger partial charge in [-0.05, 0) is 90.7 Å². The van der Waals surface area contributed by atoms with Crippen molar-refractivity contribution >= 4 is 32.7 Å². The highest BCUT2D eigenvalue weighted by Crippen LogP contribution is 2.57. The maximum Gasteiger partial charge on any atom is 0.136 e. The lowest BCUT2D eigenvalue weighted by atomic mass is 9.67. The van der Waals surface area contributed by atoms with Crippen molar-refractivity contribution in [2.45, 2.75) is 5.41 Å².